The van der Waals surface area contributed by atoms with Gasteiger partial charge in [-0.3, -0.25) is 0 Å². The Kier molecular flexibility index (Phi) is 11.3. The highest BCUT2D eigenvalue weighted by Crippen LogP contribution is 2.45. The highest BCUT2D eigenvalue weighted by atomic mass is 16.5. The number of hydrogen-bond donors (Lipinski definition) is 0. The fraction of sp³-hybridized carbons (Fsp3) is 0.174. The van der Waals surface area contributed by atoms with E-state index < -0.39 is 12.2 Å². The predicted molar refractivity (Wildman–Crippen MR) is 202 cm³/mol. The molecule has 0 fully saturated rings. The van der Waals surface area contributed by atoms with Crippen LogP contribution in [0.5, 0.6) is 28.7 Å². The van der Waals surface area contributed by atoms with Gasteiger partial charge in [-0.05, 0) is 39.9 Å². The summed E-state index contributed by atoms with van der Waals surface area (Å²) in [5.74, 6) is 5.85. The standard InChI is InChI=1S/C46H40O6/c1-2-25-47-45-29-40-42(50-32-36-19-11-5-12-20-36)27-39(48-30-34-15-7-3-8-16-34)28-43(40)52-46(45)38-23-24-41(49-31-35-17-9-4-10-18-35)44(26-38)51-33-37-21-13-6-14-22-37/h1,3-24,26-28,45-46H,25,29-33H2/t45-,46+/m0/s1. The average Bonchev–Trinajstić information content (AvgIpc) is 3.21. The van der Waals surface area contributed by atoms with E-state index in [-0.39, 0.29) is 6.61 Å². The molecule has 1 aliphatic rings. The second kappa shape index (κ2) is 17.2. The molecule has 7 rings (SSSR count). The van der Waals surface area contributed by atoms with Crippen LogP contribution in [0.4, 0.5) is 0 Å². The molecule has 0 unspecified atom stereocenters. The predicted octanol–water partition coefficient (Wildman–Crippen LogP) is 9.70. The number of ether oxygens (including phenoxy) is 6. The second-order valence-electron chi connectivity index (χ2n) is 12.5. The topological polar surface area (TPSA) is 55.4 Å². The summed E-state index contributed by atoms with van der Waals surface area (Å²) >= 11 is 0. The Morgan fingerprint density at radius 1 is 0.538 bits per heavy atom. The van der Waals surface area contributed by atoms with Crippen LogP contribution < -0.4 is 23.7 Å². The Hall–Kier alpha value is -6.16. The van der Waals surface area contributed by atoms with Crippen molar-refractivity contribution in [2.45, 2.75) is 45.1 Å². The molecule has 0 radical (unpaired) electrons. The van der Waals surface area contributed by atoms with Crippen LogP contribution in [0.3, 0.4) is 0 Å². The molecule has 2 atom stereocenters. The van der Waals surface area contributed by atoms with Crippen molar-refractivity contribution in [2.24, 2.45) is 0 Å². The van der Waals surface area contributed by atoms with Crippen molar-refractivity contribution in [3.63, 3.8) is 0 Å². The van der Waals surface area contributed by atoms with Crippen LogP contribution >= 0.6 is 0 Å². The van der Waals surface area contributed by atoms with Crippen molar-refractivity contribution in [3.8, 4) is 41.1 Å². The molecular formula is C46H40O6. The minimum Gasteiger partial charge on any atom is -0.489 e. The van der Waals surface area contributed by atoms with E-state index in [1.807, 2.05) is 152 Å². The minimum absolute atomic E-state index is 0.133. The van der Waals surface area contributed by atoms with Crippen LogP contribution in [0.25, 0.3) is 0 Å². The first-order valence-electron chi connectivity index (χ1n) is 17.4. The third kappa shape index (κ3) is 8.95. The summed E-state index contributed by atoms with van der Waals surface area (Å²) in [6.45, 7) is 1.71. The Balaban J connectivity index is 1.21. The quantitative estimate of drug-likeness (QED) is 0.100. The largest absolute Gasteiger partial charge is 0.489 e. The van der Waals surface area contributed by atoms with Gasteiger partial charge in [-0.1, -0.05) is 133 Å². The maximum absolute atomic E-state index is 6.85. The first-order chi connectivity index (χ1) is 25.7. The molecule has 0 saturated heterocycles. The molecule has 0 saturated carbocycles. The zero-order valence-corrected chi connectivity index (χ0v) is 28.9. The van der Waals surface area contributed by atoms with Crippen molar-refractivity contribution in [1.29, 1.82) is 0 Å². The van der Waals surface area contributed by atoms with Gasteiger partial charge >= 0.3 is 0 Å². The lowest BCUT2D eigenvalue weighted by atomic mass is 9.93. The smallest absolute Gasteiger partial charge is 0.162 e. The first kappa shape index (κ1) is 34.3. The van der Waals surface area contributed by atoms with Gasteiger partial charge in [0.2, 0.25) is 0 Å². The molecule has 0 aliphatic carbocycles. The lowest BCUT2D eigenvalue weighted by molar-refractivity contribution is -0.0254. The Labute approximate surface area is 305 Å². The monoisotopic (exact) mass is 688 g/mol. The van der Waals surface area contributed by atoms with Gasteiger partial charge in [0.1, 0.15) is 56.4 Å². The fourth-order valence-electron chi connectivity index (χ4n) is 6.10. The van der Waals surface area contributed by atoms with Gasteiger partial charge in [-0.15, -0.1) is 6.42 Å². The molecule has 0 aromatic heterocycles. The Morgan fingerprint density at radius 3 is 1.58 bits per heavy atom. The van der Waals surface area contributed by atoms with E-state index in [0.717, 1.165) is 33.4 Å². The van der Waals surface area contributed by atoms with Crippen molar-refractivity contribution in [3.05, 3.63) is 185 Å². The molecule has 6 heteroatoms. The maximum Gasteiger partial charge on any atom is 0.162 e. The lowest BCUT2D eigenvalue weighted by Gasteiger charge is -2.35. The van der Waals surface area contributed by atoms with Crippen LogP contribution in [0.15, 0.2) is 152 Å². The highest BCUT2D eigenvalue weighted by molar-refractivity contribution is 5.53. The summed E-state index contributed by atoms with van der Waals surface area (Å²) in [5, 5.41) is 0. The van der Waals surface area contributed by atoms with Crippen molar-refractivity contribution in [2.75, 3.05) is 6.61 Å². The third-order valence-corrected chi connectivity index (χ3v) is 8.78. The summed E-state index contributed by atoms with van der Waals surface area (Å²) in [4.78, 5) is 0. The molecule has 0 N–H and O–H groups in total. The lowest BCUT2D eigenvalue weighted by Crippen LogP contribution is -2.33. The molecule has 6 aromatic carbocycles. The van der Waals surface area contributed by atoms with E-state index >= 15 is 0 Å². The summed E-state index contributed by atoms with van der Waals surface area (Å²) < 4.78 is 38.6. The van der Waals surface area contributed by atoms with E-state index in [0.29, 0.717) is 61.6 Å². The van der Waals surface area contributed by atoms with E-state index in [1.54, 1.807) is 0 Å². The normalized spacial score (nSPS) is 14.7. The average molecular weight is 689 g/mol. The second-order valence-corrected chi connectivity index (χ2v) is 12.5. The summed E-state index contributed by atoms with van der Waals surface area (Å²) in [6.07, 6.45) is 5.29. The van der Waals surface area contributed by atoms with Crippen molar-refractivity contribution < 1.29 is 28.4 Å². The van der Waals surface area contributed by atoms with E-state index in [1.165, 1.54) is 0 Å². The molecule has 0 spiro atoms. The molecule has 1 aliphatic heterocycles. The van der Waals surface area contributed by atoms with Gasteiger partial charge in [0.05, 0.1) is 0 Å². The number of benzene rings is 6. The van der Waals surface area contributed by atoms with Crippen LogP contribution in [-0.4, -0.2) is 12.7 Å². The molecule has 0 amide bonds. The molecular weight excluding hydrogens is 649 g/mol. The van der Waals surface area contributed by atoms with Gasteiger partial charge in [0.15, 0.2) is 17.6 Å². The van der Waals surface area contributed by atoms with Gasteiger partial charge in [0.25, 0.3) is 0 Å². The Morgan fingerprint density at radius 2 is 1.04 bits per heavy atom. The molecule has 0 bridgehead atoms. The summed E-state index contributed by atoms with van der Waals surface area (Å²) in [5.41, 5.74) is 5.98. The van der Waals surface area contributed by atoms with Crippen LogP contribution in [0.1, 0.15) is 39.5 Å². The van der Waals surface area contributed by atoms with E-state index in [4.69, 9.17) is 34.8 Å². The number of rotatable bonds is 15. The van der Waals surface area contributed by atoms with Crippen molar-refractivity contribution in [1.82, 2.24) is 0 Å². The van der Waals surface area contributed by atoms with Gasteiger partial charge in [0, 0.05) is 24.1 Å². The van der Waals surface area contributed by atoms with E-state index in [2.05, 4.69) is 5.92 Å². The molecule has 260 valence electrons. The molecule has 6 nitrogen and oxygen atoms in total. The van der Waals surface area contributed by atoms with Gasteiger partial charge < -0.3 is 28.4 Å². The number of fused-ring (bicyclic) bond motifs is 1. The minimum atomic E-state index is -0.505. The zero-order valence-electron chi connectivity index (χ0n) is 28.9. The molecule has 6 aromatic rings. The fourth-order valence-corrected chi connectivity index (χ4v) is 6.10. The van der Waals surface area contributed by atoms with Crippen LogP contribution in [0.2, 0.25) is 0 Å². The summed E-state index contributed by atoms with van der Waals surface area (Å²) in [6, 6.07) is 50.0. The van der Waals surface area contributed by atoms with Crippen LogP contribution in [0, 0.1) is 12.3 Å². The maximum atomic E-state index is 6.85. The Bertz CT molecular complexity index is 2060. The highest BCUT2D eigenvalue weighted by Gasteiger charge is 2.35. The third-order valence-electron chi connectivity index (χ3n) is 8.78. The van der Waals surface area contributed by atoms with Crippen molar-refractivity contribution >= 4 is 0 Å². The summed E-state index contributed by atoms with van der Waals surface area (Å²) in [7, 11) is 0. The number of hydrogen-bond acceptors (Lipinski definition) is 6. The van der Waals surface area contributed by atoms with E-state index in [9.17, 15) is 0 Å². The molecule has 52 heavy (non-hydrogen) atoms. The number of terminal acetylenes is 1. The van der Waals surface area contributed by atoms with Gasteiger partial charge in [-0.2, -0.15) is 0 Å². The molecule has 1 heterocycles. The SMILES string of the molecule is C#CCO[C@H]1Cc2c(OCc3ccccc3)cc(OCc3ccccc3)cc2O[C@@H]1c1ccc(OCc2ccccc2)c(OCc2ccccc2)c1. The zero-order chi connectivity index (χ0) is 35.4. The van der Waals surface area contributed by atoms with Gasteiger partial charge in [-0.25, -0.2) is 0 Å². The first-order valence-corrected chi connectivity index (χ1v) is 17.4. The van der Waals surface area contributed by atoms with Crippen LogP contribution in [-0.2, 0) is 37.6 Å².